The third kappa shape index (κ3) is 0.543. The molecule has 0 saturated carbocycles. The second-order valence-electron chi connectivity index (χ2n) is 1.81. The van der Waals surface area contributed by atoms with E-state index in [9.17, 15) is 14.4 Å². The van der Waals surface area contributed by atoms with Crippen LogP contribution in [-0.2, 0) is 0 Å². The largest absolute Gasteiger partial charge is 0.298 e. The van der Waals surface area contributed by atoms with E-state index in [-0.39, 0.29) is 11.1 Å². The molecule has 3 heteroatoms. The minimum absolute atomic E-state index is 0.0278. The fourth-order valence-electron chi connectivity index (χ4n) is 0.665. The molecule has 0 aliphatic heterocycles. The molecule has 0 aliphatic rings. The Bertz CT molecular complexity index is 315. The quantitative estimate of drug-likeness (QED) is 0.371. The van der Waals surface area contributed by atoms with Gasteiger partial charge in [-0.05, 0) is 6.92 Å². The van der Waals surface area contributed by atoms with Crippen molar-refractivity contribution < 1.29 is 4.79 Å². The van der Waals surface area contributed by atoms with Crippen LogP contribution in [0.2, 0.25) is 0 Å². The lowest BCUT2D eigenvalue weighted by atomic mass is 10.0. The van der Waals surface area contributed by atoms with Crippen LogP contribution in [0.1, 0.15) is 15.9 Å². The molecule has 3 nitrogen and oxygen atoms in total. The number of hydrogen-bond donors (Lipinski definition) is 0. The van der Waals surface area contributed by atoms with Crippen molar-refractivity contribution in [1.29, 1.82) is 0 Å². The Hall–Kier alpha value is -1.25. The maximum absolute atomic E-state index is 10.4. The van der Waals surface area contributed by atoms with Crippen LogP contribution in [0.3, 0.4) is 0 Å². The average Bonchev–Trinajstić information content (AvgIpc) is 1.89. The van der Waals surface area contributed by atoms with E-state index in [0.29, 0.717) is 6.29 Å². The number of aldehydes is 1. The van der Waals surface area contributed by atoms with E-state index >= 15 is 0 Å². The second kappa shape index (κ2) is 1.62. The highest BCUT2D eigenvalue weighted by atomic mass is 16.2. The van der Waals surface area contributed by atoms with Crippen molar-refractivity contribution in [2.75, 3.05) is 0 Å². The number of carbonyl (C=O) groups excluding carboxylic acids is 1. The Labute approximate surface area is 50.6 Å². The number of hydrogen-bond acceptors (Lipinski definition) is 3. The number of carbonyl (C=O) groups is 1. The zero-order valence-corrected chi connectivity index (χ0v) is 4.80. The lowest BCUT2D eigenvalue weighted by Gasteiger charge is -1.94. The summed E-state index contributed by atoms with van der Waals surface area (Å²) in [6, 6.07) is 0. The van der Waals surface area contributed by atoms with Crippen LogP contribution in [0, 0.1) is 6.92 Å². The topological polar surface area (TPSA) is 51.2 Å². The van der Waals surface area contributed by atoms with Crippen LogP contribution in [0.25, 0.3) is 0 Å². The van der Waals surface area contributed by atoms with E-state index in [2.05, 4.69) is 0 Å². The summed E-state index contributed by atoms with van der Waals surface area (Å²) in [5, 5.41) is 0. The molecule has 0 fully saturated rings. The highest BCUT2D eigenvalue weighted by Crippen LogP contribution is 1.91. The van der Waals surface area contributed by atoms with Crippen molar-refractivity contribution in [2.24, 2.45) is 0 Å². The Morgan fingerprint density at radius 1 is 1.22 bits per heavy atom. The van der Waals surface area contributed by atoms with Gasteiger partial charge in [-0.1, -0.05) is 0 Å². The molecule has 0 aromatic heterocycles. The maximum atomic E-state index is 10.4. The van der Waals surface area contributed by atoms with Crippen LogP contribution >= 0.6 is 0 Å². The summed E-state index contributed by atoms with van der Waals surface area (Å²) in [7, 11) is 0. The van der Waals surface area contributed by atoms with Crippen LogP contribution in [-0.4, -0.2) is 6.29 Å². The van der Waals surface area contributed by atoms with E-state index in [1.54, 1.807) is 0 Å². The summed E-state index contributed by atoms with van der Waals surface area (Å²) in [4.78, 5) is 30.7. The second-order valence-corrected chi connectivity index (χ2v) is 1.81. The minimum atomic E-state index is -0.650. The zero-order valence-electron chi connectivity index (χ0n) is 4.80. The average molecular weight is 124 g/mol. The highest BCUT2D eigenvalue weighted by molar-refractivity contribution is 5.78. The van der Waals surface area contributed by atoms with E-state index in [1.807, 2.05) is 0 Å². The SMILES string of the molecule is Cc1c(C=O)c(=O)c1=O. The van der Waals surface area contributed by atoms with E-state index in [0.717, 1.165) is 0 Å². The van der Waals surface area contributed by atoms with Crippen molar-refractivity contribution >= 4 is 6.29 Å². The summed E-state index contributed by atoms with van der Waals surface area (Å²) in [5.74, 6) is 0. The predicted molar refractivity (Wildman–Crippen MR) is 31.5 cm³/mol. The molecule has 46 valence electrons. The molecule has 0 bridgehead atoms. The molecule has 0 amide bonds. The Morgan fingerprint density at radius 3 is 2.00 bits per heavy atom. The molecule has 0 aliphatic carbocycles. The molecule has 0 spiro atoms. The molecule has 1 rings (SSSR count). The molecule has 0 unspecified atom stereocenters. The molecule has 9 heavy (non-hydrogen) atoms. The van der Waals surface area contributed by atoms with Crippen LogP contribution in [0.4, 0.5) is 0 Å². The Kier molecular flexibility index (Phi) is 1.06. The van der Waals surface area contributed by atoms with E-state index < -0.39 is 10.9 Å². The molecule has 0 radical (unpaired) electrons. The molecular formula is C6H4O3. The van der Waals surface area contributed by atoms with Crippen molar-refractivity contribution in [3.63, 3.8) is 0 Å². The van der Waals surface area contributed by atoms with Gasteiger partial charge in [0.1, 0.15) is 0 Å². The van der Waals surface area contributed by atoms with Crippen molar-refractivity contribution in [1.82, 2.24) is 0 Å². The van der Waals surface area contributed by atoms with E-state index in [4.69, 9.17) is 0 Å². The lowest BCUT2D eigenvalue weighted by molar-refractivity contribution is 0.112. The summed E-state index contributed by atoms with van der Waals surface area (Å²) >= 11 is 0. The van der Waals surface area contributed by atoms with Crippen LogP contribution < -0.4 is 10.9 Å². The van der Waals surface area contributed by atoms with Crippen molar-refractivity contribution in [3.05, 3.63) is 31.6 Å². The first-order valence-electron chi connectivity index (χ1n) is 2.43. The third-order valence-electron chi connectivity index (χ3n) is 1.31. The molecule has 0 heterocycles. The van der Waals surface area contributed by atoms with Gasteiger partial charge in [-0.25, -0.2) is 0 Å². The van der Waals surface area contributed by atoms with Gasteiger partial charge < -0.3 is 0 Å². The molecule has 0 N–H and O–H groups in total. The first kappa shape index (κ1) is 5.88. The molecule has 0 saturated heterocycles. The van der Waals surface area contributed by atoms with Crippen molar-refractivity contribution in [2.45, 2.75) is 6.92 Å². The monoisotopic (exact) mass is 124 g/mol. The lowest BCUT2D eigenvalue weighted by Crippen LogP contribution is -2.37. The standard InChI is InChI=1S/C6H4O3/c1-3-4(2-7)6(9)5(3)8/h2H,1H3. The summed E-state index contributed by atoms with van der Waals surface area (Å²) in [6.45, 7) is 1.47. The molecule has 0 atom stereocenters. The Balaban J connectivity index is 3.42. The molecular weight excluding hydrogens is 120 g/mol. The smallest absolute Gasteiger partial charge is 0.236 e. The summed E-state index contributed by atoms with van der Waals surface area (Å²) in [5.41, 5.74) is -0.866. The maximum Gasteiger partial charge on any atom is 0.236 e. The fourth-order valence-corrected chi connectivity index (χ4v) is 0.665. The van der Waals surface area contributed by atoms with Gasteiger partial charge in [0.25, 0.3) is 0 Å². The van der Waals surface area contributed by atoms with Gasteiger partial charge in [0, 0.05) is 5.56 Å². The van der Waals surface area contributed by atoms with Crippen LogP contribution in [0.5, 0.6) is 0 Å². The van der Waals surface area contributed by atoms with Gasteiger partial charge in [0.2, 0.25) is 10.9 Å². The first-order chi connectivity index (χ1) is 4.18. The van der Waals surface area contributed by atoms with Gasteiger partial charge in [-0.2, -0.15) is 0 Å². The Morgan fingerprint density at radius 2 is 1.78 bits per heavy atom. The minimum Gasteiger partial charge on any atom is -0.298 e. The van der Waals surface area contributed by atoms with E-state index in [1.165, 1.54) is 6.92 Å². The van der Waals surface area contributed by atoms with Crippen LogP contribution in [0.15, 0.2) is 9.59 Å². The van der Waals surface area contributed by atoms with Gasteiger partial charge in [0.05, 0.1) is 5.56 Å². The van der Waals surface area contributed by atoms with Gasteiger partial charge >= 0.3 is 0 Å². The summed E-state index contributed by atoms with van der Waals surface area (Å²) < 4.78 is 0. The number of rotatable bonds is 1. The van der Waals surface area contributed by atoms with Gasteiger partial charge in [0.15, 0.2) is 6.29 Å². The highest BCUT2D eigenvalue weighted by Gasteiger charge is 2.14. The third-order valence-corrected chi connectivity index (χ3v) is 1.31. The van der Waals surface area contributed by atoms with Crippen molar-refractivity contribution in [3.8, 4) is 0 Å². The zero-order chi connectivity index (χ0) is 7.02. The molecule has 1 aromatic rings. The van der Waals surface area contributed by atoms with Gasteiger partial charge in [-0.3, -0.25) is 14.4 Å². The first-order valence-corrected chi connectivity index (χ1v) is 2.43. The summed E-state index contributed by atoms with van der Waals surface area (Å²) in [6.07, 6.45) is 0.416. The normalized spacial score (nSPS) is 9.89. The molecule has 1 aromatic carbocycles. The predicted octanol–water partition coefficient (Wildman–Crippen LogP) is -0.596. The fraction of sp³-hybridized carbons (Fsp3) is 0.167. The van der Waals surface area contributed by atoms with Gasteiger partial charge in [-0.15, -0.1) is 0 Å².